The highest BCUT2D eigenvalue weighted by Gasteiger charge is 2.47. The maximum Gasteiger partial charge on any atom is 0.321 e. The Morgan fingerprint density at radius 1 is 1.31 bits per heavy atom. The van der Waals surface area contributed by atoms with Gasteiger partial charge in [0.1, 0.15) is 5.84 Å². The van der Waals surface area contributed by atoms with Gasteiger partial charge in [-0.2, -0.15) is 4.98 Å². The molecule has 10 heteroatoms. The maximum absolute atomic E-state index is 14.3. The van der Waals surface area contributed by atoms with Gasteiger partial charge in [-0.1, -0.05) is 0 Å². The van der Waals surface area contributed by atoms with Gasteiger partial charge in [0.25, 0.3) is 0 Å². The summed E-state index contributed by atoms with van der Waals surface area (Å²) < 4.78 is 19.6. The summed E-state index contributed by atoms with van der Waals surface area (Å²) in [6.07, 6.45) is 1.08. The van der Waals surface area contributed by atoms with E-state index in [1.54, 1.807) is 0 Å². The van der Waals surface area contributed by atoms with E-state index in [2.05, 4.69) is 46.1 Å². The van der Waals surface area contributed by atoms with E-state index in [0.717, 1.165) is 23.9 Å². The number of hydrogen-bond donors (Lipinski definition) is 1. The fraction of sp³-hybridized carbons (Fsp3) is 0.636. The number of aromatic nitrogens is 2. The lowest BCUT2D eigenvalue weighted by Crippen LogP contribution is -2.61. The molecule has 1 N–H and O–H groups in total. The Bertz CT molecular complexity index is 977. The monoisotopic (exact) mass is 445 g/mol. The molecule has 1 aromatic heterocycles. The lowest BCUT2D eigenvalue weighted by Gasteiger charge is -2.46. The molecule has 0 bridgehead atoms. The predicted octanol–water partition coefficient (Wildman–Crippen LogP) is 2.37. The highest BCUT2D eigenvalue weighted by atomic mass is 19.1. The molecule has 0 spiro atoms. The zero-order chi connectivity index (χ0) is 23.2. The van der Waals surface area contributed by atoms with Gasteiger partial charge in [0, 0.05) is 30.7 Å². The number of halogens is 1. The van der Waals surface area contributed by atoms with Gasteiger partial charge in [-0.15, -0.1) is 0 Å². The van der Waals surface area contributed by atoms with Crippen molar-refractivity contribution in [3.63, 3.8) is 0 Å². The molecular formula is C22H32FN7O2. The average Bonchev–Trinajstić information content (AvgIpc) is 3.25. The van der Waals surface area contributed by atoms with Crippen molar-refractivity contribution >= 4 is 17.7 Å². The van der Waals surface area contributed by atoms with Gasteiger partial charge < -0.3 is 19.9 Å². The van der Waals surface area contributed by atoms with Gasteiger partial charge in [0.2, 0.25) is 0 Å². The highest BCUT2D eigenvalue weighted by Crippen LogP contribution is 2.39. The first-order valence-electron chi connectivity index (χ1n) is 11.1. The Kier molecular flexibility index (Phi) is 5.83. The first-order chi connectivity index (χ1) is 15.1. The zero-order valence-electron chi connectivity index (χ0n) is 19.6. The number of hydrogen-bond acceptors (Lipinski definition) is 7. The minimum absolute atomic E-state index is 0.0139. The summed E-state index contributed by atoms with van der Waals surface area (Å²) in [4.78, 5) is 32.3. The van der Waals surface area contributed by atoms with Crippen LogP contribution < -0.4 is 10.1 Å². The van der Waals surface area contributed by atoms with Crippen molar-refractivity contribution in [1.29, 1.82) is 0 Å². The lowest BCUT2D eigenvalue weighted by atomic mass is 9.94. The van der Waals surface area contributed by atoms with Crippen molar-refractivity contribution in [2.24, 2.45) is 4.99 Å². The summed E-state index contributed by atoms with van der Waals surface area (Å²) >= 11 is 0. The largest absolute Gasteiger partial charge is 0.464 e. The average molecular weight is 446 g/mol. The van der Waals surface area contributed by atoms with Crippen LogP contribution in [0.3, 0.4) is 0 Å². The molecule has 0 radical (unpaired) electrons. The van der Waals surface area contributed by atoms with E-state index < -0.39 is 11.4 Å². The van der Waals surface area contributed by atoms with Gasteiger partial charge in [0.05, 0.1) is 31.4 Å². The van der Waals surface area contributed by atoms with Crippen LogP contribution in [0.15, 0.2) is 22.3 Å². The quantitative estimate of drug-likeness (QED) is 0.769. The van der Waals surface area contributed by atoms with Gasteiger partial charge in [0.15, 0.2) is 11.6 Å². The van der Waals surface area contributed by atoms with E-state index in [4.69, 9.17) is 4.74 Å². The van der Waals surface area contributed by atoms with Crippen molar-refractivity contribution in [3.8, 4) is 6.01 Å². The van der Waals surface area contributed by atoms with Crippen LogP contribution in [-0.2, 0) is 0 Å². The fourth-order valence-electron chi connectivity index (χ4n) is 4.64. The molecule has 0 aromatic carbocycles. The number of nitrogens with zero attached hydrogens (tertiary/aromatic N) is 6. The van der Waals surface area contributed by atoms with Crippen LogP contribution in [0.4, 0.5) is 15.0 Å². The summed E-state index contributed by atoms with van der Waals surface area (Å²) in [5.74, 6) is -0.0288. The molecule has 2 atom stereocenters. The van der Waals surface area contributed by atoms with E-state index in [-0.39, 0.29) is 23.9 Å². The van der Waals surface area contributed by atoms with Gasteiger partial charge in [-0.3, -0.25) is 9.89 Å². The summed E-state index contributed by atoms with van der Waals surface area (Å²) in [5, 5.41) is 3.01. The molecule has 2 amide bonds. The van der Waals surface area contributed by atoms with E-state index in [1.165, 1.54) is 0 Å². The number of aliphatic imine (C=N–C) groups is 1. The fourth-order valence-corrected chi connectivity index (χ4v) is 4.64. The molecule has 1 fully saturated rings. The molecule has 174 valence electrons. The van der Waals surface area contributed by atoms with E-state index >= 15 is 0 Å². The van der Waals surface area contributed by atoms with Crippen LogP contribution >= 0.6 is 0 Å². The van der Waals surface area contributed by atoms with E-state index in [0.29, 0.717) is 38.1 Å². The van der Waals surface area contributed by atoms with E-state index in [1.807, 2.05) is 30.6 Å². The minimum Gasteiger partial charge on any atom is -0.464 e. The van der Waals surface area contributed by atoms with Crippen LogP contribution in [0.2, 0.25) is 0 Å². The van der Waals surface area contributed by atoms with Crippen molar-refractivity contribution in [3.05, 3.63) is 23.2 Å². The zero-order valence-corrected chi connectivity index (χ0v) is 19.6. The normalized spacial score (nSPS) is 25.2. The third-order valence-corrected chi connectivity index (χ3v) is 6.78. The summed E-state index contributed by atoms with van der Waals surface area (Å²) in [7, 11) is 2.09. The number of piperazine rings is 1. The molecule has 3 aliphatic rings. The first-order valence-corrected chi connectivity index (χ1v) is 11.1. The first kappa shape index (κ1) is 22.4. The molecule has 9 nitrogen and oxygen atoms in total. The Morgan fingerprint density at radius 3 is 2.78 bits per heavy atom. The summed E-state index contributed by atoms with van der Waals surface area (Å²) in [5.41, 5.74) is 1.52. The molecule has 1 saturated heterocycles. The van der Waals surface area contributed by atoms with Crippen molar-refractivity contribution in [2.45, 2.75) is 52.2 Å². The second kappa shape index (κ2) is 8.31. The van der Waals surface area contributed by atoms with Crippen LogP contribution in [0.1, 0.15) is 34.6 Å². The molecule has 4 rings (SSSR count). The molecule has 1 aromatic rings. The number of rotatable bonds is 3. The number of ether oxygens (including phenoxy) is 1. The highest BCUT2D eigenvalue weighted by molar-refractivity contribution is 6.11. The molecule has 4 heterocycles. The van der Waals surface area contributed by atoms with Crippen LogP contribution in [-0.4, -0.2) is 94.0 Å². The van der Waals surface area contributed by atoms with Crippen LogP contribution in [0.5, 0.6) is 6.01 Å². The molecule has 3 aliphatic heterocycles. The maximum atomic E-state index is 14.3. The number of amides is 2. The molecule has 32 heavy (non-hydrogen) atoms. The van der Waals surface area contributed by atoms with Crippen molar-refractivity contribution in [2.75, 3.05) is 45.2 Å². The Morgan fingerprint density at radius 2 is 2.06 bits per heavy atom. The molecule has 1 unspecified atom stereocenters. The van der Waals surface area contributed by atoms with E-state index in [9.17, 15) is 9.18 Å². The van der Waals surface area contributed by atoms with Crippen LogP contribution in [0.25, 0.3) is 0 Å². The number of carbonyl (C=O) groups excluding carboxylic acids is 1. The van der Waals surface area contributed by atoms with Gasteiger partial charge in [-0.25, -0.2) is 14.2 Å². The Balaban J connectivity index is 1.53. The summed E-state index contributed by atoms with van der Waals surface area (Å²) in [6.45, 7) is 13.0. The molecular weight excluding hydrogens is 413 g/mol. The predicted molar refractivity (Wildman–Crippen MR) is 121 cm³/mol. The molecule has 0 saturated carbocycles. The van der Waals surface area contributed by atoms with Crippen LogP contribution in [0, 0.1) is 5.82 Å². The second-order valence-corrected chi connectivity index (χ2v) is 9.25. The lowest BCUT2D eigenvalue weighted by molar-refractivity contribution is 0.0553. The smallest absolute Gasteiger partial charge is 0.321 e. The number of anilines is 1. The number of likely N-dealkylation sites (N-methyl/N-ethyl adjacent to an activating group) is 1. The van der Waals surface area contributed by atoms with Gasteiger partial charge in [-0.05, 0) is 47.2 Å². The SMILES string of the molecule is CCOc1ncc(F)c(NC2=NCC3=C2CN(C(=O)N2C[C@@H](C)N(C)CC2C)C3(C)C)n1. The van der Waals surface area contributed by atoms with Crippen molar-refractivity contribution in [1.82, 2.24) is 24.7 Å². The summed E-state index contributed by atoms with van der Waals surface area (Å²) in [6, 6.07) is 0.571. The number of urea groups is 1. The molecule has 0 aliphatic carbocycles. The Hall–Kier alpha value is -2.75. The third kappa shape index (κ3) is 3.80. The number of carbonyl (C=O) groups is 1. The Labute approximate surface area is 188 Å². The standard InChI is InChI=1S/C22H32FN7O2/c1-7-32-20-25-9-17(23)19(27-20)26-18-15-12-30(22(4,5)16(15)8-24-18)21(31)29-11-13(2)28(6)10-14(29)3/h9,13-14H,7-8,10-12H2,1-6H3,(H,24,25,26,27)/t13-,14?/m1/s1. The third-order valence-electron chi connectivity index (χ3n) is 6.78. The topological polar surface area (TPSA) is 86.2 Å². The minimum atomic E-state index is -0.587. The van der Waals surface area contributed by atoms with Crippen molar-refractivity contribution < 1.29 is 13.9 Å². The number of nitrogens with one attached hydrogen (secondary N) is 1. The number of amidine groups is 1. The van der Waals surface area contributed by atoms with Gasteiger partial charge >= 0.3 is 12.0 Å². The second-order valence-electron chi connectivity index (χ2n) is 9.25.